The molecule has 2 bridgehead atoms. The Labute approximate surface area is 160 Å². The van der Waals surface area contributed by atoms with Crippen molar-refractivity contribution < 1.29 is 4.79 Å². The van der Waals surface area contributed by atoms with Crippen LogP contribution in [0.2, 0.25) is 0 Å². The van der Waals surface area contributed by atoms with Gasteiger partial charge < -0.3 is 10.6 Å². The van der Waals surface area contributed by atoms with E-state index in [1.165, 1.54) is 36.1 Å². The van der Waals surface area contributed by atoms with Crippen molar-refractivity contribution in [3.8, 4) is 0 Å². The molecule has 0 aromatic heterocycles. The molecule has 1 aliphatic heterocycles. The maximum atomic E-state index is 12.6. The second-order valence-electron chi connectivity index (χ2n) is 9.02. The molecule has 2 aromatic rings. The maximum Gasteiger partial charge on any atom is 0.251 e. The summed E-state index contributed by atoms with van der Waals surface area (Å²) >= 11 is 0. The number of benzene rings is 2. The smallest absolute Gasteiger partial charge is 0.251 e. The summed E-state index contributed by atoms with van der Waals surface area (Å²) < 4.78 is 0. The summed E-state index contributed by atoms with van der Waals surface area (Å²) in [6.07, 6.45) is 6.34. The molecule has 27 heavy (non-hydrogen) atoms. The summed E-state index contributed by atoms with van der Waals surface area (Å²) in [5, 5.41) is 7.00. The predicted octanol–water partition coefficient (Wildman–Crippen LogP) is 4.88. The third-order valence-corrected chi connectivity index (χ3v) is 7.42. The van der Waals surface area contributed by atoms with Gasteiger partial charge in [-0.3, -0.25) is 4.79 Å². The number of fused-ring (bicyclic) bond motifs is 7. The van der Waals surface area contributed by atoms with E-state index < -0.39 is 0 Å². The van der Waals surface area contributed by atoms with Crippen LogP contribution in [0, 0.1) is 17.8 Å². The van der Waals surface area contributed by atoms with Crippen molar-refractivity contribution >= 4 is 11.6 Å². The first-order valence-electron chi connectivity index (χ1n) is 10.5. The van der Waals surface area contributed by atoms with Crippen LogP contribution < -0.4 is 10.6 Å². The molecular weight excluding hydrogens is 332 g/mol. The third-order valence-electron chi connectivity index (χ3n) is 7.42. The SMILES string of the molecule is O=C(NC1CC1)c1ccc2c(c1)[C@H]1[C@H]3CC[C@H](C3)[C@H]1[C@@H](c1ccccc1)N2. The number of amides is 1. The molecule has 3 aliphatic carbocycles. The fourth-order valence-electron chi connectivity index (χ4n) is 6.11. The first-order chi connectivity index (χ1) is 13.3. The molecule has 6 rings (SSSR count). The van der Waals surface area contributed by atoms with Crippen LogP contribution in [0.5, 0.6) is 0 Å². The lowest BCUT2D eigenvalue weighted by Gasteiger charge is -2.43. The zero-order valence-electron chi connectivity index (χ0n) is 15.5. The average Bonchev–Trinajstić information content (AvgIpc) is 3.28. The highest BCUT2D eigenvalue weighted by atomic mass is 16.1. The first kappa shape index (κ1) is 15.7. The molecule has 2 aromatic carbocycles. The zero-order valence-corrected chi connectivity index (χ0v) is 15.5. The molecule has 3 nitrogen and oxygen atoms in total. The lowest BCUT2D eigenvalue weighted by molar-refractivity contribution is 0.0951. The van der Waals surface area contributed by atoms with E-state index >= 15 is 0 Å². The van der Waals surface area contributed by atoms with Crippen LogP contribution in [0.3, 0.4) is 0 Å². The van der Waals surface area contributed by atoms with Crippen molar-refractivity contribution in [2.45, 2.75) is 50.1 Å². The summed E-state index contributed by atoms with van der Waals surface area (Å²) in [5.74, 6) is 2.95. The number of carbonyl (C=O) groups is 1. The highest BCUT2D eigenvalue weighted by Crippen LogP contribution is 2.63. The molecule has 2 N–H and O–H groups in total. The number of hydrogen-bond acceptors (Lipinski definition) is 2. The van der Waals surface area contributed by atoms with Gasteiger partial charge in [0.15, 0.2) is 0 Å². The Bertz CT molecular complexity index is 889. The Morgan fingerprint density at radius 2 is 1.78 bits per heavy atom. The van der Waals surface area contributed by atoms with Gasteiger partial charge in [-0.1, -0.05) is 30.3 Å². The fourth-order valence-corrected chi connectivity index (χ4v) is 6.11. The zero-order chi connectivity index (χ0) is 18.0. The van der Waals surface area contributed by atoms with E-state index in [9.17, 15) is 4.79 Å². The number of rotatable bonds is 3. The van der Waals surface area contributed by atoms with E-state index in [0.717, 1.165) is 30.2 Å². The predicted molar refractivity (Wildman–Crippen MR) is 107 cm³/mol. The summed E-state index contributed by atoms with van der Waals surface area (Å²) in [5.41, 5.74) is 4.87. The van der Waals surface area contributed by atoms with Gasteiger partial charge in [0.25, 0.3) is 5.91 Å². The monoisotopic (exact) mass is 358 g/mol. The summed E-state index contributed by atoms with van der Waals surface area (Å²) in [6, 6.07) is 18.1. The van der Waals surface area contributed by atoms with E-state index in [1.54, 1.807) is 0 Å². The van der Waals surface area contributed by atoms with Crippen molar-refractivity contribution in [1.82, 2.24) is 5.32 Å². The van der Waals surface area contributed by atoms with Crippen LogP contribution in [-0.2, 0) is 0 Å². The minimum Gasteiger partial charge on any atom is -0.378 e. The van der Waals surface area contributed by atoms with Gasteiger partial charge in [0.1, 0.15) is 0 Å². The van der Waals surface area contributed by atoms with Gasteiger partial charge in [-0.2, -0.15) is 0 Å². The van der Waals surface area contributed by atoms with Crippen molar-refractivity contribution in [2.75, 3.05) is 5.32 Å². The van der Waals surface area contributed by atoms with Gasteiger partial charge in [0.2, 0.25) is 0 Å². The Kier molecular flexibility index (Phi) is 3.41. The van der Waals surface area contributed by atoms with Crippen LogP contribution in [0.4, 0.5) is 5.69 Å². The Hall–Kier alpha value is -2.29. The molecule has 3 saturated carbocycles. The maximum absolute atomic E-state index is 12.6. The average molecular weight is 358 g/mol. The molecule has 5 atom stereocenters. The minimum atomic E-state index is 0.102. The lowest BCUT2D eigenvalue weighted by Crippen LogP contribution is -2.35. The van der Waals surface area contributed by atoms with Gasteiger partial charge >= 0.3 is 0 Å². The van der Waals surface area contributed by atoms with E-state index in [4.69, 9.17) is 0 Å². The standard InChI is InChI=1S/C24H26N2O/c27-24(25-18-9-10-18)17-8-11-20-19(13-17)21-15-6-7-16(12-15)22(21)23(26-20)14-4-2-1-3-5-14/h1-5,8,11,13,15-16,18,21-23,26H,6-7,9-10,12H2,(H,25,27)/t15-,16+,21+,22+,23+/m0/s1. The van der Waals surface area contributed by atoms with Gasteiger partial charge in [0.05, 0.1) is 6.04 Å². The first-order valence-corrected chi connectivity index (χ1v) is 10.5. The highest BCUT2D eigenvalue weighted by molar-refractivity contribution is 5.95. The largest absolute Gasteiger partial charge is 0.378 e. The van der Waals surface area contributed by atoms with Crippen LogP contribution in [0.15, 0.2) is 48.5 Å². The van der Waals surface area contributed by atoms with Crippen LogP contribution in [-0.4, -0.2) is 11.9 Å². The molecule has 1 amide bonds. The third kappa shape index (κ3) is 2.51. The van der Waals surface area contributed by atoms with Gasteiger partial charge in [-0.25, -0.2) is 0 Å². The normalized spacial score (nSPS) is 33.1. The Balaban J connectivity index is 1.40. The highest BCUT2D eigenvalue weighted by Gasteiger charge is 2.53. The topological polar surface area (TPSA) is 41.1 Å². The van der Waals surface area contributed by atoms with E-state index in [2.05, 4.69) is 53.1 Å². The van der Waals surface area contributed by atoms with Gasteiger partial charge in [-0.05, 0) is 85.1 Å². The second kappa shape index (κ2) is 5.85. The molecule has 0 radical (unpaired) electrons. The van der Waals surface area contributed by atoms with Gasteiger partial charge in [-0.15, -0.1) is 0 Å². The van der Waals surface area contributed by atoms with Crippen LogP contribution >= 0.6 is 0 Å². The molecule has 3 fully saturated rings. The quantitative estimate of drug-likeness (QED) is 0.821. The molecule has 138 valence electrons. The molecule has 1 heterocycles. The molecule has 3 heteroatoms. The molecule has 0 spiro atoms. The van der Waals surface area contributed by atoms with E-state index in [-0.39, 0.29) is 5.91 Å². The minimum absolute atomic E-state index is 0.102. The number of hydrogen-bond donors (Lipinski definition) is 2. The molecular formula is C24H26N2O. The summed E-state index contributed by atoms with van der Waals surface area (Å²) in [4.78, 5) is 12.6. The summed E-state index contributed by atoms with van der Waals surface area (Å²) in [7, 11) is 0. The van der Waals surface area contributed by atoms with E-state index in [1.807, 2.05) is 6.07 Å². The molecule has 0 saturated heterocycles. The van der Waals surface area contributed by atoms with Crippen molar-refractivity contribution in [3.05, 3.63) is 65.2 Å². The van der Waals surface area contributed by atoms with E-state index in [0.29, 0.717) is 23.9 Å². The lowest BCUT2D eigenvalue weighted by atomic mass is 9.68. The van der Waals surface area contributed by atoms with Crippen LogP contribution in [0.1, 0.15) is 65.5 Å². The van der Waals surface area contributed by atoms with Crippen molar-refractivity contribution in [3.63, 3.8) is 0 Å². The number of anilines is 1. The second-order valence-corrected chi connectivity index (χ2v) is 9.02. The Morgan fingerprint density at radius 3 is 2.59 bits per heavy atom. The summed E-state index contributed by atoms with van der Waals surface area (Å²) in [6.45, 7) is 0. The molecule has 0 unspecified atom stereocenters. The van der Waals surface area contributed by atoms with Crippen molar-refractivity contribution in [2.24, 2.45) is 17.8 Å². The number of nitrogens with one attached hydrogen (secondary N) is 2. The number of carbonyl (C=O) groups excluding carboxylic acids is 1. The Morgan fingerprint density at radius 1 is 0.963 bits per heavy atom. The fraction of sp³-hybridized carbons (Fsp3) is 0.458. The van der Waals surface area contributed by atoms with Gasteiger partial charge in [0, 0.05) is 17.3 Å². The van der Waals surface area contributed by atoms with Crippen molar-refractivity contribution in [1.29, 1.82) is 0 Å². The molecule has 4 aliphatic rings. The van der Waals surface area contributed by atoms with Crippen LogP contribution in [0.25, 0.3) is 0 Å².